The number of aromatic hydroxyl groups is 1. The number of rotatable bonds is 2. The number of phenolic OH excluding ortho intramolecular Hbond substituents is 1. The molecule has 2 aliphatic heterocycles. The molecule has 3 rings (SSSR count). The first-order valence-electron chi connectivity index (χ1n) is 7.40. The lowest BCUT2D eigenvalue weighted by atomic mass is 9.83. The maximum absolute atomic E-state index is 12.2. The fraction of sp³-hybridized carbons (Fsp3) is 0.235. The summed E-state index contributed by atoms with van der Waals surface area (Å²) in [6.45, 7) is 0. The number of nitrogens with two attached hydrogens (primary N) is 1. The molecule has 3 N–H and O–H groups in total. The van der Waals surface area contributed by atoms with E-state index < -0.39 is 5.92 Å². The molecule has 0 radical (unpaired) electrons. The standard InChI is InChI=1S/C17H14N4O3S/c1-24-13-6-9(2-3-12(13)22)15-10(7-18)16(20)21-14(23)4-5-25-17(21)11(15)8-19/h2-3,6,15,22H,4-5,20H2,1H3. The maximum atomic E-state index is 12.2. The Bertz CT molecular complexity index is 907. The number of allylic oxidation sites excluding steroid dienone is 2. The molecule has 0 saturated carbocycles. The molecule has 1 saturated heterocycles. The maximum Gasteiger partial charge on any atom is 0.233 e. The number of nitrogens with zero attached hydrogens (tertiary/aromatic N) is 3. The van der Waals surface area contributed by atoms with Gasteiger partial charge in [0.2, 0.25) is 5.91 Å². The van der Waals surface area contributed by atoms with Crippen molar-refractivity contribution in [2.75, 3.05) is 12.9 Å². The Balaban J connectivity index is 2.24. The van der Waals surface area contributed by atoms with E-state index in [4.69, 9.17) is 10.5 Å². The molecule has 1 unspecified atom stereocenters. The molecule has 0 spiro atoms. The van der Waals surface area contributed by atoms with Crippen LogP contribution in [0, 0.1) is 22.7 Å². The number of fused-ring (bicyclic) bond motifs is 1. The van der Waals surface area contributed by atoms with Gasteiger partial charge in [-0.1, -0.05) is 6.07 Å². The Morgan fingerprint density at radius 3 is 2.72 bits per heavy atom. The zero-order valence-corrected chi connectivity index (χ0v) is 14.1. The SMILES string of the molecule is COc1cc(C2C(C#N)=C(N)N3C(=O)CCSC3=C2C#N)ccc1O. The predicted octanol–water partition coefficient (Wildman–Crippen LogP) is 1.89. The topological polar surface area (TPSA) is 123 Å². The summed E-state index contributed by atoms with van der Waals surface area (Å²) in [6, 6.07) is 8.77. The highest BCUT2D eigenvalue weighted by atomic mass is 32.2. The van der Waals surface area contributed by atoms with Gasteiger partial charge in [-0.2, -0.15) is 10.5 Å². The Morgan fingerprint density at radius 1 is 1.36 bits per heavy atom. The zero-order valence-electron chi connectivity index (χ0n) is 13.3. The van der Waals surface area contributed by atoms with Crippen molar-refractivity contribution < 1.29 is 14.6 Å². The molecule has 0 aromatic heterocycles. The summed E-state index contributed by atoms with van der Waals surface area (Å²) < 4.78 is 5.12. The molecule has 2 heterocycles. The van der Waals surface area contributed by atoms with Crippen LogP contribution in [0.3, 0.4) is 0 Å². The van der Waals surface area contributed by atoms with Crippen molar-refractivity contribution in [1.29, 1.82) is 10.5 Å². The molecule has 25 heavy (non-hydrogen) atoms. The second kappa shape index (κ2) is 6.42. The number of phenols is 1. The van der Waals surface area contributed by atoms with Crippen molar-refractivity contribution in [2.45, 2.75) is 12.3 Å². The van der Waals surface area contributed by atoms with Gasteiger partial charge >= 0.3 is 0 Å². The average Bonchev–Trinajstić information content (AvgIpc) is 2.62. The molecule has 8 heteroatoms. The number of amides is 1. The van der Waals surface area contributed by atoms with Gasteiger partial charge in [-0.25, -0.2) is 0 Å². The molecule has 1 aromatic carbocycles. The number of nitriles is 2. The average molecular weight is 354 g/mol. The van der Waals surface area contributed by atoms with Crippen molar-refractivity contribution >= 4 is 17.7 Å². The molecule has 0 aliphatic carbocycles. The van der Waals surface area contributed by atoms with Crippen molar-refractivity contribution in [2.24, 2.45) is 5.73 Å². The third-order valence-corrected chi connectivity index (χ3v) is 5.19. The Kier molecular flexibility index (Phi) is 4.30. The second-order valence-electron chi connectivity index (χ2n) is 5.43. The summed E-state index contributed by atoms with van der Waals surface area (Å²) >= 11 is 1.37. The summed E-state index contributed by atoms with van der Waals surface area (Å²) in [5.41, 5.74) is 7.10. The van der Waals surface area contributed by atoms with Gasteiger partial charge in [0, 0.05) is 12.2 Å². The lowest BCUT2D eigenvalue weighted by molar-refractivity contribution is -0.127. The predicted molar refractivity (Wildman–Crippen MR) is 90.8 cm³/mol. The number of carbonyl (C=O) groups is 1. The molecule has 0 bridgehead atoms. The van der Waals surface area contributed by atoms with E-state index in [1.165, 1.54) is 29.8 Å². The monoisotopic (exact) mass is 354 g/mol. The number of ether oxygens (including phenoxy) is 1. The fourth-order valence-corrected chi connectivity index (χ4v) is 4.06. The summed E-state index contributed by atoms with van der Waals surface area (Å²) in [5.74, 6) is -0.164. The first-order chi connectivity index (χ1) is 12.0. The van der Waals surface area contributed by atoms with Gasteiger partial charge < -0.3 is 15.6 Å². The molecule has 1 atom stereocenters. The van der Waals surface area contributed by atoms with E-state index in [2.05, 4.69) is 6.07 Å². The van der Waals surface area contributed by atoms with Gasteiger partial charge in [0.25, 0.3) is 0 Å². The number of methoxy groups -OCH3 is 1. The van der Waals surface area contributed by atoms with E-state index in [0.717, 1.165) is 0 Å². The van der Waals surface area contributed by atoms with E-state index >= 15 is 0 Å². The normalized spacial score (nSPS) is 20.0. The minimum atomic E-state index is -0.714. The van der Waals surface area contributed by atoms with Gasteiger partial charge in [-0.15, -0.1) is 11.8 Å². The third kappa shape index (κ3) is 2.57. The van der Waals surface area contributed by atoms with Crippen LogP contribution in [0.1, 0.15) is 17.9 Å². The zero-order chi connectivity index (χ0) is 18.1. The minimum Gasteiger partial charge on any atom is -0.504 e. The highest BCUT2D eigenvalue weighted by molar-refractivity contribution is 8.03. The molecule has 126 valence electrons. The van der Waals surface area contributed by atoms with Crippen LogP contribution in [-0.2, 0) is 4.79 Å². The highest BCUT2D eigenvalue weighted by Gasteiger charge is 2.40. The molecule has 1 aromatic rings. The van der Waals surface area contributed by atoms with Crippen LogP contribution >= 0.6 is 11.8 Å². The second-order valence-corrected chi connectivity index (χ2v) is 6.52. The third-order valence-electron chi connectivity index (χ3n) is 4.11. The fourth-order valence-electron chi connectivity index (χ4n) is 2.94. The van der Waals surface area contributed by atoms with E-state index in [1.807, 2.05) is 6.07 Å². The molecular formula is C17H14N4O3S. The van der Waals surface area contributed by atoms with Crippen LogP contribution in [0.5, 0.6) is 11.5 Å². The van der Waals surface area contributed by atoms with Crippen LogP contribution in [-0.4, -0.2) is 28.8 Å². The first-order valence-corrected chi connectivity index (χ1v) is 8.38. The number of benzene rings is 1. The van der Waals surface area contributed by atoms with Crippen LogP contribution in [0.4, 0.5) is 0 Å². The van der Waals surface area contributed by atoms with E-state index in [9.17, 15) is 20.4 Å². The van der Waals surface area contributed by atoms with E-state index in [-0.39, 0.29) is 34.4 Å². The van der Waals surface area contributed by atoms with Gasteiger partial charge in [-0.05, 0) is 17.7 Å². The Hall–Kier alpha value is -3.10. The quantitative estimate of drug-likeness (QED) is 0.831. The lowest BCUT2D eigenvalue weighted by Gasteiger charge is -2.36. The minimum absolute atomic E-state index is 0.0470. The number of thioether (sulfide) groups is 1. The van der Waals surface area contributed by atoms with Crippen molar-refractivity contribution in [3.05, 3.63) is 45.8 Å². The number of carbonyl (C=O) groups excluding carboxylic acids is 1. The van der Waals surface area contributed by atoms with Crippen LogP contribution in [0.25, 0.3) is 0 Å². The first kappa shape index (κ1) is 16.7. The van der Waals surface area contributed by atoms with Crippen molar-refractivity contribution in [1.82, 2.24) is 4.90 Å². The largest absolute Gasteiger partial charge is 0.504 e. The van der Waals surface area contributed by atoms with Gasteiger partial charge in [0.1, 0.15) is 5.82 Å². The van der Waals surface area contributed by atoms with Crippen molar-refractivity contribution in [3.63, 3.8) is 0 Å². The number of hydrogen-bond donors (Lipinski definition) is 2. The summed E-state index contributed by atoms with van der Waals surface area (Å²) in [4.78, 5) is 13.5. The van der Waals surface area contributed by atoms with Crippen LogP contribution in [0.2, 0.25) is 0 Å². The van der Waals surface area contributed by atoms with E-state index in [1.54, 1.807) is 12.1 Å². The van der Waals surface area contributed by atoms with E-state index in [0.29, 0.717) is 22.8 Å². The molecule has 1 fully saturated rings. The molecule has 2 aliphatic rings. The van der Waals surface area contributed by atoms with Gasteiger partial charge in [0.15, 0.2) is 11.5 Å². The number of hydrogen-bond acceptors (Lipinski definition) is 7. The smallest absolute Gasteiger partial charge is 0.233 e. The lowest BCUT2D eigenvalue weighted by Crippen LogP contribution is -2.40. The summed E-state index contributed by atoms with van der Waals surface area (Å²) in [6.07, 6.45) is 0.296. The summed E-state index contributed by atoms with van der Waals surface area (Å²) in [7, 11) is 1.41. The summed E-state index contributed by atoms with van der Waals surface area (Å²) in [5, 5.41) is 29.6. The van der Waals surface area contributed by atoms with Gasteiger partial charge in [-0.3, -0.25) is 9.69 Å². The Labute approximate surface area is 148 Å². The van der Waals surface area contributed by atoms with Gasteiger partial charge in [0.05, 0.1) is 41.3 Å². The molecule has 1 amide bonds. The van der Waals surface area contributed by atoms with Crippen molar-refractivity contribution in [3.8, 4) is 23.6 Å². The molecule has 7 nitrogen and oxygen atoms in total. The van der Waals surface area contributed by atoms with Crippen LogP contribution in [0.15, 0.2) is 40.2 Å². The highest BCUT2D eigenvalue weighted by Crippen LogP contribution is 2.46. The van der Waals surface area contributed by atoms with Crippen LogP contribution < -0.4 is 10.5 Å². The molecular weight excluding hydrogens is 340 g/mol. The Morgan fingerprint density at radius 2 is 2.08 bits per heavy atom.